The van der Waals surface area contributed by atoms with E-state index in [1.807, 2.05) is 32.9 Å². The molecule has 148 valence electrons. The topological polar surface area (TPSA) is 128 Å². The Labute approximate surface area is 167 Å². The zero-order valence-corrected chi connectivity index (χ0v) is 16.6. The van der Waals surface area contributed by atoms with E-state index < -0.39 is 16.6 Å². The lowest BCUT2D eigenvalue weighted by Crippen LogP contribution is -2.54. The molecule has 0 aliphatic carbocycles. The second kappa shape index (κ2) is 5.11. The van der Waals surface area contributed by atoms with Gasteiger partial charge in [-0.1, -0.05) is 19.1 Å². The molecule has 5 rings (SSSR count). The lowest BCUT2D eigenvalue weighted by Gasteiger charge is -2.44. The molecule has 2 aromatic rings. The number of nitrogens with two attached hydrogens (primary N) is 1. The maximum atomic E-state index is 14.2. The highest BCUT2D eigenvalue weighted by Gasteiger charge is 2.64. The van der Waals surface area contributed by atoms with Crippen molar-refractivity contribution >= 4 is 11.6 Å². The molecule has 0 saturated heterocycles. The summed E-state index contributed by atoms with van der Waals surface area (Å²) in [6.07, 6.45) is 0.776. The summed E-state index contributed by atoms with van der Waals surface area (Å²) < 4.78 is 5.51. The third kappa shape index (κ3) is 1.83. The highest BCUT2D eigenvalue weighted by molar-refractivity contribution is 6.16. The maximum Gasteiger partial charge on any atom is 0.326 e. The summed E-state index contributed by atoms with van der Waals surface area (Å²) in [6, 6.07) is 6.12. The molecular formula is C21H21N5O3. The van der Waals surface area contributed by atoms with E-state index in [-0.39, 0.29) is 34.9 Å². The highest BCUT2D eigenvalue weighted by Crippen LogP contribution is 2.60. The highest BCUT2D eigenvalue weighted by atomic mass is 16.5. The molecule has 1 aromatic carbocycles. The van der Waals surface area contributed by atoms with Crippen LogP contribution in [0.2, 0.25) is 0 Å². The molecule has 29 heavy (non-hydrogen) atoms. The Kier molecular flexibility index (Phi) is 3.11. The number of aromatic amines is 2. The van der Waals surface area contributed by atoms with Gasteiger partial charge in [0.15, 0.2) is 5.41 Å². The fourth-order valence-corrected chi connectivity index (χ4v) is 5.51. The zero-order chi connectivity index (χ0) is 20.9. The summed E-state index contributed by atoms with van der Waals surface area (Å²) in [7, 11) is 0. The monoisotopic (exact) mass is 391 g/mol. The molecule has 8 heteroatoms. The number of amides is 1. The van der Waals surface area contributed by atoms with Crippen LogP contribution in [0.4, 0.5) is 5.69 Å². The van der Waals surface area contributed by atoms with E-state index in [0.29, 0.717) is 5.56 Å². The summed E-state index contributed by atoms with van der Waals surface area (Å²) in [5.74, 6) is -0.164. The van der Waals surface area contributed by atoms with Crippen molar-refractivity contribution in [1.82, 2.24) is 9.97 Å². The quantitative estimate of drug-likeness (QED) is 0.633. The molecule has 0 saturated carbocycles. The van der Waals surface area contributed by atoms with E-state index in [2.05, 4.69) is 23.0 Å². The number of aryl methyl sites for hydroxylation is 1. The van der Waals surface area contributed by atoms with E-state index in [0.717, 1.165) is 23.2 Å². The molecule has 0 bridgehead atoms. The number of aromatic nitrogens is 2. The van der Waals surface area contributed by atoms with Gasteiger partial charge in [-0.05, 0) is 44.2 Å². The Morgan fingerprint density at radius 3 is 2.72 bits per heavy atom. The largest absolute Gasteiger partial charge is 0.422 e. The SMILES string of the molecule is Cc1ccc2c3c1[C@]1(C(=O)N3C(C)(C)C[C@@H]2C)C(C#N)=C(N)Oc2[nH]c(=O)[nH]c21. The van der Waals surface area contributed by atoms with Crippen molar-refractivity contribution < 1.29 is 9.53 Å². The first-order valence-corrected chi connectivity index (χ1v) is 9.54. The Hall–Kier alpha value is -3.47. The molecule has 3 aliphatic rings. The third-order valence-corrected chi connectivity index (χ3v) is 6.49. The van der Waals surface area contributed by atoms with E-state index in [1.165, 1.54) is 0 Å². The smallest absolute Gasteiger partial charge is 0.326 e. The average Bonchev–Trinajstić information content (AvgIpc) is 3.11. The first-order valence-electron chi connectivity index (χ1n) is 9.54. The number of nitriles is 1. The van der Waals surface area contributed by atoms with Crippen LogP contribution < -0.4 is 21.1 Å². The van der Waals surface area contributed by atoms with Crippen molar-refractivity contribution in [3.63, 3.8) is 0 Å². The minimum atomic E-state index is -1.54. The van der Waals surface area contributed by atoms with Gasteiger partial charge in [0.1, 0.15) is 17.3 Å². The molecule has 8 nitrogen and oxygen atoms in total. The summed E-state index contributed by atoms with van der Waals surface area (Å²) in [4.78, 5) is 33.4. The summed E-state index contributed by atoms with van der Waals surface area (Å²) in [6.45, 7) is 8.09. The van der Waals surface area contributed by atoms with Crippen molar-refractivity contribution in [3.8, 4) is 11.9 Å². The fourth-order valence-electron chi connectivity index (χ4n) is 5.51. The number of carbonyl (C=O) groups is 1. The summed E-state index contributed by atoms with van der Waals surface area (Å²) >= 11 is 0. The van der Waals surface area contributed by atoms with Gasteiger partial charge in [-0.25, -0.2) is 4.79 Å². The van der Waals surface area contributed by atoms with Gasteiger partial charge in [-0.2, -0.15) is 5.26 Å². The van der Waals surface area contributed by atoms with Gasteiger partial charge in [0.25, 0.3) is 0 Å². The number of nitrogens with zero attached hydrogens (tertiary/aromatic N) is 2. The zero-order valence-electron chi connectivity index (χ0n) is 16.6. The van der Waals surface area contributed by atoms with Gasteiger partial charge in [0.2, 0.25) is 17.7 Å². The predicted octanol–water partition coefficient (Wildman–Crippen LogP) is 2.02. The summed E-state index contributed by atoms with van der Waals surface area (Å²) in [5, 5.41) is 10.0. The van der Waals surface area contributed by atoms with E-state index >= 15 is 0 Å². The molecular weight excluding hydrogens is 370 g/mol. The van der Waals surface area contributed by atoms with Gasteiger partial charge in [0.05, 0.1) is 5.69 Å². The molecule has 2 atom stereocenters. The number of anilines is 1. The normalized spacial score (nSPS) is 26.2. The molecule has 3 aliphatic heterocycles. The van der Waals surface area contributed by atoms with Crippen molar-refractivity contribution in [2.45, 2.75) is 51.0 Å². The predicted molar refractivity (Wildman–Crippen MR) is 105 cm³/mol. The van der Waals surface area contributed by atoms with Gasteiger partial charge < -0.3 is 20.4 Å². The minimum Gasteiger partial charge on any atom is -0.422 e. The Bertz CT molecular complexity index is 1240. The van der Waals surface area contributed by atoms with Crippen LogP contribution in [0.1, 0.15) is 55.5 Å². The second-order valence-corrected chi connectivity index (χ2v) is 8.74. The first kappa shape index (κ1) is 17.6. The van der Waals surface area contributed by atoms with Gasteiger partial charge in [-0.15, -0.1) is 0 Å². The number of carbonyl (C=O) groups excluding carboxylic acids is 1. The molecule has 1 spiro atoms. The van der Waals surface area contributed by atoms with Gasteiger partial charge in [0, 0.05) is 11.1 Å². The van der Waals surface area contributed by atoms with Crippen LogP contribution in [0.3, 0.4) is 0 Å². The number of H-pyrrole nitrogens is 2. The van der Waals surface area contributed by atoms with E-state index in [1.54, 1.807) is 4.90 Å². The van der Waals surface area contributed by atoms with Crippen LogP contribution in [-0.2, 0) is 10.2 Å². The molecule has 1 aromatic heterocycles. The molecule has 4 N–H and O–H groups in total. The van der Waals surface area contributed by atoms with Crippen LogP contribution in [0.25, 0.3) is 0 Å². The van der Waals surface area contributed by atoms with Crippen molar-refractivity contribution in [2.75, 3.05) is 4.90 Å². The minimum absolute atomic E-state index is 0.000368. The number of fused-ring (bicyclic) bond motifs is 3. The Morgan fingerprint density at radius 2 is 2.03 bits per heavy atom. The maximum absolute atomic E-state index is 14.2. The lowest BCUT2D eigenvalue weighted by atomic mass is 9.70. The number of rotatable bonds is 0. The number of hydrogen-bond acceptors (Lipinski definition) is 5. The Balaban J connectivity index is 2.01. The molecule has 1 amide bonds. The Morgan fingerprint density at radius 1 is 1.31 bits per heavy atom. The van der Waals surface area contributed by atoms with Crippen LogP contribution in [0, 0.1) is 18.3 Å². The van der Waals surface area contributed by atoms with Crippen LogP contribution in [0.15, 0.2) is 28.4 Å². The van der Waals surface area contributed by atoms with Crippen LogP contribution in [0.5, 0.6) is 5.88 Å². The standard InChI is InChI=1S/C21H21N5O3/c1-9-5-6-11-10(2)7-20(3,4)26-14(11)13(9)21(18(26)27)12(8-22)16(23)29-17-15(21)24-19(28)25-17/h5-6,10H,7,23H2,1-4H3,(H2,24,25,28)/t10-,21+/m0/s1. The van der Waals surface area contributed by atoms with E-state index in [9.17, 15) is 14.9 Å². The molecule has 0 fully saturated rings. The average molecular weight is 391 g/mol. The lowest BCUT2D eigenvalue weighted by molar-refractivity contribution is -0.122. The molecule has 4 heterocycles. The van der Waals surface area contributed by atoms with Crippen LogP contribution >= 0.6 is 0 Å². The second-order valence-electron chi connectivity index (χ2n) is 8.74. The number of nitrogens with one attached hydrogen (secondary N) is 2. The van der Waals surface area contributed by atoms with E-state index in [4.69, 9.17) is 10.5 Å². The number of hydrogen-bond donors (Lipinski definition) is 3. The van der Waals surface area contributed by atoms with Crippen molar-refractivity contribution in [1.29, 1.82) is 5.26 Å². The van der Waals surface area contributed by atoms with Crippen LogP contribution in [-0.4, -0.2) is 21.4 Å². The number of imidazole rings is 1. The van der Waals surface area contributed by atoms with Gasteiger partial charge in [-0.3, -0.25) is 9.78 Å². The van der Waals surface area contributed by atoms with Crippen molar-refractivity contribution in [2.24, 2.45) is 5.73 Å². The molecule has 0 unspecified atom stereocenters. The summed E-state index contributed by atoms with van der Waals surface area (Å²) in [5.41, 5.74) is 7.20. The fraction of sp³-hybridized carbons (Fsp3) is 0.381. The number of benzene rings is 1. The molecule has 0 radical (unpaired) electrons. The van der Waals surface area contributed by atoms with Crippen molar-refractivity contribution in [3.05, 3.63) is 56.5 Å². The third-order valence-electron chi connectivity index (χ3n) is 6.49. The first-order chi connectivity index (χ1) is 13.6. The van der Waals surface area contributed by atoms with Gasteiger partial charge >= 0.3 is 5.69 Å². The number of ether oxygens (including phenoxy) is 1.